The predicted molar refractivity (Wildman–Crippen MR) is 68.8 cm³/mol. The number of carbonyl (C=O) groups excluding carboxylic acids is 1. The number of carbonyl (C=O) groups is 1. The Hall–Kier alpha value is -1.48. The van der Waals surface area contributed by atoms with Crippen molar-refractivity contribution in [1.82, 2.24) is 5.32 Å². The van der Waals surface area contributed by atoms with Crippen LogP contribution in [0.2, 0.25) is 0 Å². The number of alkyl halides is 3. The fraction of sp³-hybridized carbons (Fsp3) is 0.417. The molecule has 1 aromatic rings. The molecule has 2 N–H and O–H groups in total. The Bertz CT molecular complexity index is 574. The van der Waals surface area contributed by atoms with E-state index in [9.17, 15) is 23.1 Å². The first-order valence-electron chi connectivity index (χ1n) is 5.78. The molecule has 1 amide bonds. The summed E-state index contributed by atoms with van der Waals surface area (Å²) >= 11 is 3.23. The van der Waals surface area contributed by atoms with Gasteiger partial charge in [-0.2, -0.15) is 13.2 Å². The minimum atomic E-state index is -5.05. The summed E-state index contributed by atoms with van der Waals surface area (Å²) in [4.78, 5) is 11.5. The summed E-state index contributed by atoms with van der Waals surface area (Å²) in [6.45, 7) is 0.255. The summed E-state index contributed by atoms with van der Waals surface area (Å²) in [5.74, 6) is -0.604. The van der Waals surface area contributed by atoms with Crippen LogP contribution in [-0.2, 0) is 11.3 Å². The van der Waals surface area contributed by atoms with Gasteiger partial charge in [0.25, 0.3) is 5.91 Å². The van der Waals surface area contributed by atoms with Crippen molar-refractivity contribution in [2.75, 3.05) is 6.79 Å². The Morgan fingerprint density at radius 3 is 2.71 bits per heavy atom. The van der Waals surface area contributed by atoms with Crippen molar-refractivity contribution in [3.8, 4) is 11.5 Å². The number of benzene rings is 1. The maximum atomic E-state index is 12.5. The van der Waals surface area contributed by atoms with Gasteiger partial charge in [0.05, 0.1) is 4.47 Å². The lowest BCUT2D eigenvalue weighted by Gasteiger charge is -2.24. The van der Waals surface area contributed by atoms with Crippen molar-refractivity contribution >= 4 is 21.8 Å². The van der Waals surface area contributed by atoms with Crippen molar-refractivity contribution in [2.45, 2.75) is 25.2 Å². The number of aliphatic hydroxyl groups is 1. The van der Waals surface area contributed by atoms with Gasteiger partial charge in [-0.3, -0.25) is 4.79 Å². The highest BCUT2D eigenvalue weighted by Gasteiger charge is 2.55. The Balaban J connectivity index is 2.07. The van der Waals surface area contributed by atoms with Crippen molar-refractivity contribution < 1.29 is 32.5 Å². The summed E-state index contributed by atoms with van der Waals surface area (Å²) in [5.41, 5.74) is -2.95. The monoisotopic (exact) mass is 369 g/mol. The third-order valence-corrected chi connectivity index (χ3v) is 3.52. The Morgan fingerprint density at radius 2 is 2.10 bits per heavy atom. The number of fused-ring (bicyclic) bond motifs is 1. The van der Waals surface area contributed by atoms with Gasteiger partial charge in [-0.1, -0.05) is 0 Å². The first kappa shape index (κ1) is 15.9. The molecule has 21 heavy (non-hydrogen) atoms. The molecule has 0 saturated carbocycles. The molecule has 1 aliphatic heterocycles. The number of nitrogens with one attached hydrogen (secondary N) is 1. The highest BCUT2D eigenvalue weighted by molar-refractivity contribution is 9.10. The van der Waals surface area contributed by atoms with Crippen LogP contribution in [-0.4, -0.2) is 29.6 Å². The molecule has 5 nitrogen and oxygen atoms in total. The summed E-state index contributed by atoms with van der Waals surface area (Å²) in [6, 6.07) is 3.12. The lowest BCUT2D eigenvalue weighted by molar-refractivity contribution is -0.245. The Morgan fingerprint density at radius 1 is 1.43 bits per heavy atom. The number of halogens is 4. The van der Waals surface area contributed by atoms with Crippen molar-refractivity contribution in [3.63, 3.8) is 0 Å². The van der Waals surface area contributed by atoms with Gasteiger partial charge < -0.3 is 19.9 Å². The normalized spacial score (nSPS) is 16.5. The lowest BCUT2D eigenvalue weighted by Crippen LogP contribution is -2.54. The van der Waals surface area contributed by atoms with Gasteiger partial charge in [0.2, 0.25) is 12.4 Å². The quantitative estimate of drug-likeness (QED) is 0.856. The third kappa shape index (κ3) is 3.08. The minimum Gasteiger partial charge on any atom is -0.454 e. The largest absolute Gasteiger partial charge is 0.454 e. The number of amides is 1. The van der Waals surface area contributed by atoms with Gasteiger partial charge in [-0.25, -0.2) is 0 Å². The van der Waals surface area contributed by atoms with Gasteiger partial charge in [-0.05, 0) is 40.5 Å². The molecule has 116 valence electrons. The second-order valence-electron chi connectivity index (χ2n) is 4.56. The van der Waals surface area contributed by atoms with Crippen LogP contribution in [0.1, 0.15) is 12.5 Å². The Labute approximate surface area is 126 Å². The predicted octanol–water partition coefficient (Wildman–Crippen LogP) is 2.11. The van der Waals surface area contributed by atoms with E-state index in [1.165, 1.54) is 6.07 Å². The molecular weight excluding hydrogens is 359 g/mol. The second kappa shape index (κ2) is 5.38. The van der Waals surface area contributed by atoms with Gasteiger partial charge in [-0.15, -0.1) is 0 Å². The van der Waals surface area contributed by atoms with E-state index in [0.29, 0.717) is 28.5 Å². The van der Waals surface area contributed by atoms with Crippen LogP contribution in [0, 0.1) is 0 Å². The average Bonchev–Trinajstić information content (AvgIpc) is 2.83. The maximum absolute atomic E-state index is 12.5. The molecule has 0 radical (unpaired) electrons. The summed E-state index contributed by atoms with van der Waals surface area (Å²) in [5, 5.41) is 11.3. The van der Waals surface area contributed by atoms with Crippen molar-refractivity contribution in [3.05, 3.63) is 22.2 Å². The number of rotatable bonds is 3. The molecule has 1 aliphatic rings. The zero-order chi connectivity index (χ0) is 15.8. The lowest BCUT2D eigenvalue weighted by atomic mass is 10.1. The van der Waals surface area contributed by atoms with E-state index >= 15 is 0 Å². The van der Waals surface area contributed by atoms with Crippen molar-refractivity contribution in [2.24, 2.45) is 0 Å². The summed E-state index contributed by atoms with van der Waals surface area (Å²) < 4.78 is 48.4. The van der Waals surface area contributed by atoms with Crippen LogP contribution in [0.15, 0.2) is 16.6 Å². The zero-order valence-corrected chi connectivity index (χ0v) is 12.3. The molecule has 0 spiro atoms. The molecule has 1 aromatic carbocycles. The van der Waals surface area contributed by atoms with E-state index in [2.05, 4.69) is 15.9 Å². The number of hydrogen-bond donors (Lipinski definition) is 2. The standard InChI is InChI=1S/C12H11BrF3NO4/c1-11(19,12(14,15)16)10(18)17-4-6-2-7(13)9-8(3-6)20-5-21-9/h2-3,19H,4-5H2,1H3,(H,17,18). The molecule has 1 heterocycles. The van der Waals surface area contributed by atoms with E-state index in [1.807, 2.05) is 5.32 Å². The first-order valence-corrected chi connectivity index (χ1v) is 6.57. The molecule has 1 unspecified atom stereocenters. The SMILES string of the molecule is CC(O)(C(=O)NCc1cc(Br)c2c(c1)OCO2)C(F)(F)F. The average molecular weight is 370 g/mol. The van der Waals surface area contributed by atoms with Crippen LogP contribution >= 0.6 is 15.9 Å². The minimum absolute atomic E-state index is 0.0481. The number of hydrogen-bond acceptors (Lipinski definition) is 4. The molecular formula is C12H11BrF3NO4. The molecule has 0 aliphatic carbocycles. The molecule has 0 aromatic heterocycles. The van der Waals surface area contributed by atoms with E-state index < -0.39 is 17.7 Å². The second-order valence-corrected chi connectivity index (χ2v) is 5.42. The topological polar surface area (TPSA) is 67.8 Å². The summed E-state index contributed by atoms with van der Waals surface area (Å²) in [7, 11) is 0. The fourth-order valence-corrected chi connectivity index (χ4v) is 2.21. The van der Waals surface area contributed by atoms with E-state index in [-0.39, 0.29) is 13.3 Å². The molecule has 2 rings (SSSR count). The number of ether oxygens (including phenoxy) is 2. The van der Waals surface area contributed by atoms with Gasteiger partial charge in [0.1, 0.15) is 0 Å². The third-order valence-electron chi connectivity index (χ3n) is 2.93. The highest BCUT2D eigenvalue weighted by Crippen LogP contribution is 2.40. The van der Waals surface area contributed by atoms with Gasteiger partial charge in [0.15, 0.2) is 11.5 Å². The summed E-state index contributed by atoms with van der Waals surface area (Å²) in [6.07, 6.45) is -5.05. The van der Waals surface area contributed by atoms with Gasteiger partial charge >= 0.3 is 6.18 Å². The highest BCUT2D eigenvalue weighted by atomic mass is 79.9. The molecule has 1 atom stereocenters. The van der Waals surface area contributed by atoms with Crippen LogP contribution in [0.25, 0.3) is 0 Å². The van der Waals surface area contributed by atoms with E-state index in [0.717, 1.165) is 0 Å². The van der Waals surface area contributed by atoms with E-state index in [4.69, 9.17) is 9.47 Å². The van der Waals surface area contributed by atoms with Crippen molar-refractivity contribution in [1.29, 1.82) is 0 Å². The molecule has 0 fully saturated rings. The van der Waals surface area contributed by atoms with Crippen LogP contribution < -0.4 is 14.8 Å². The maximum Gasteiger partial charge on any atom is 0.426 e. The first-order chi connectivity index (χ1) is 9.63. The molecule has 0 bridgehead atoms. The van der Waals surface area contributed by atoms with Crippen LogP contribution in [0.5, 0.6) is 11.5 Å². The Kier molecular flexibility index (Phi) is 4.07. The van der Waals surface area contributed by atoms with Crippen LogP contribution in [0.3, 0.4) is 0 Å². The molecule has 9 heteroatoms. The van der Waals surface area contributed by atoms with Crippen LogP contribution in [0.4, 0.5) is 13.2 Å². The molecule has 0 saturated heterocycles. The van der Waals surface area contributed by atoms with E-state index in [1.54, 1.807) is 6.07 Å². The van der Waals surface area contributed by atoms with Gasteiger partial charge in [0, 0.05) is 6.54 Å². The fourth-order valence-electron chi connectivity index (χ4n) is 1.61. The zero-order valence-electron chi connectivity index (χ0n) is 10.8. The smallest absolute Gasteiger partial charge is 0.426 e.